The van der Waals surface area contributed by atoms with Crippen LogP contribution in [-0.4, -0.2) is 11.2 Å². The maximum Gasteiger partial charge on any atom is 0.0724 e. The van der Waals surface area contributed by atoms with E-state index in [1.54, 1.807) is 5.57 Å². The standard InChI is InChI=1S/C23H36O/c1-5-15(2)19-8-9-20-18-7-6-16-14-17(24)10-12-22(16,3)21(18)11-13-23(19,20)4/h5,14-15,17-21,24H,1,6-13H2,2-4H3/t15-,17?,18?,19?,20?,21?,22?,23?/m1/s1. The average Bonchev–Trinajstić information content (AvgIpc) is 2.92. The van der Waals surface area contributed by atoms with E-state index in [9.17, 15) is 5.11 Å². The third-order valence-corrected chi connectivity index (χ3v) is 9.17. The summed E-state index contributed by atoms with van der Waals surface area (Å²) >= 11 is 0. The molecule has 4 aliphatic carbocycles. The monoisotopic (exact) mass is 328 g/mol. The van der Waals surface area contributed by atoms with Gasteiger partial charge in [0, 0.05) is 0 Å². The summed E-state index contributed by atoms with van der Waals surface area (Å²) in [5.41, 5.74) is 2.52. The average molecular weight is 329 g/mol. The van der Waals surface area contributed by atoms with Crippen molar-refractivity contribution >= 4 is 0 Å². The summed E-state index contributed by atoms with van der Waals surface area (Å²) in [5, 5.41) is 10.1. The Morgan fingerprint density at radius 3 is 2.67 bits per heavy atom. The van der Waals surface area contributed by atoms with Crippen molar-refractivity contribution in [3.63, 3.8) is 0 Å². The minimum atomic E-state index is -0.178. The molecule has 0 saturated heterocycles. The van der Waals surface area contributed by atoms with Crippen LogP contribution in [0, 0.1) is 40.4 Å². The third-order valence-electron chi connectivity index (χ3n) is 9.17. The zero-order valence-electron chi connectivity index (χ0n) is 15.9. The van der Waals surface area contributed by atoms with Gasteiger partial charge in [-0.15, -0.1) is 6.58 Å². The molecule has 4 rings (SSSR count). The highest BCUT2D eigenvalue weighted by molar-refractivity contribution is 5.25. The molecule has 1 N–H and O–H groups in total. The van der Waals surface area contributed by atoms with Gasteiger partial charge in [0.05, 0.1) is 6.10 Å². The van der Waals surface area contributed by atoms with Crippen LogP contribution in [0.1, 0.15) is 72.1 Å². The molecule has 1 heteroatoms. The van der Waals surface area contributed by atoms with Gasteiger partial charge in [-0.1, -0.05) is 38.5 Å². The highest BCUT2D eigenvalue weighted by atomic mass is 16.3. The predicted octanol–water partition coefficient (Wildman–Crippen LogP) is 5.75. The van der Waals surface area contributed by atoms with Crippen molar-refractivity contribution in [2.75, 3.05) is 0 Å². The Morgan fingerprint density at radius 1 is 1.12 bits per heavy atom. The smallest absolute Gasteiger partial charge is 0.0724 e. The Morgan fingerprint density at radius 2 is 1.92 bits per heavy atom. The number of aliphatic hydroxyl groups is 1. The first-order chi connectivity index (χ1) is 11.4. The molecular formula is C23H36O. The Balaban J connectivity index is 1.63. The molecule has 0 aromatic carbocycles. The summed E-state index contributed by atoms with van der Waals surface area (Å²) in [5.74, 6) is 4.22. The van der Waals surface area contributed by atoms with E-state index in [-0.39, 0.29) is 6.10 Å². The van der Waals surface area contributed by atoms with Crippen LogP contribution in [0.2, 0.25) is 0 Å². The van der Waals surface area contributed by atoms with Crippen LogP contribution in [0.15, 0.2) is 24.3 Å². The van der Waals surface area contributed by atoms with E-state index in [1.165, 1.54) is 44.9 Å². The molecule has 24 heavy (non-hydrogen) atoms. The maximum absolute atomic E-state index is 10.1. The second-order valence-electron chi connectivity index (χ2n) is 9.95. The highest BCUT2D eigenvalue weighted by Gasteiger charge is 2.59. The van der Waals surface area contributed by atoms with Crippen LogP contribution >= 0.6 is 0 Å². The lowest BCUT2D eigenvalue weighted by atomic mass is 9.46. The molecule has 4 aliphatic rings. The largest absolute Gasteiger partial charge is 0.389 e. The van der Waals surface area contributed by atoms with Gasteiger partial charge in [0.15, 0.2) is 0 Å². The van der Waals surface area contributed by atoms with Crippen LogP contribution in [0.25, 0.3) is 0 Å². The van der Waals surface area contributed by atoms with E-state index in [0.717, 1.165) is 30.1 Å². The quantitative estimate of drug-likeness (QED) is 0.640. The number of allylic oxidation sites excluding steroid dienone is 2. The van der Waals surface area contributed by atoms with E-state index in [2.05, 4.69) is 39.5 Å². The number of rotatable bonds is 2. The third kappa shape index (κ3) is 2.23. The maximum atomic E-state index is 10.1. The normalized spacial score (nSPS) is 51.8. The Hall–Kier alpha value is -0.560. The summed E-state index contributed by atoms with van der Waals surface area (Å²) in [6, 6.07) is 0. The Labute approximate surface area is 148 Å². The number of fused-ring (bicyclic) bond motifs is 5. The van der Waals surface area contributed by atoms with Crippen LogP contribution in [0.4, 0.5) is 0 Å². The van der Waals surface area contributed by atoms with E-state index < -0.39 is 0 Å². The van der Waals surface area contributed by atoms with Gasteiger partial charge in [0.1, 0.15) is 0 Å². The predicted molar refractivity (Wildman–Crippen MR) is 101 cm³/mol. The van der Waals surface area contributed by atoms with Crippen molar-refractivity contribution in [2.24, 2.45) is 40.4 Å². The van der Waals surface area contributed by atoms with E-state index in [4.69, 9.17) is 0 Å². The van der Waals surface area contributed by atoms with Crippen molar-refractivity contribution in [1.82, 2.24) is 0 Å². The summed E-state index contributed by atoms with van der Waals surface area (Å²) in [6.45, 7) is 11.6. The van der Waals surface area contributed by atoms with Crippen molar-refractivity contribution < 1.29 is 5.11 Å². The zero-order chi connectivity index (χ0) is 17.1. The first kappa shape index (κ1) is 16.9. The number of hydrogen-bond acceptors (Lipinski definition) is 1. The van der Waals surface area contributed by atoms with Gasteiger partial charge in [-0.2, -0.15) is 0 Å². The van der Waals surface area contributed by atoms with Crippen molar-refractivity contribution in [2.45, 2.75) is 78.2 Å². The molecule has 7 unspecified atom stereocenters. The van der Waals surface area contributed by atoms with Gasteiger partial charge in [-0.05, 0) is 91.8 Å². The molecule has 3 saturated carbocycles. The van der Waals surface area contributed by atoms with E-state index in [0.29, 0.717) is 16.7 Å². The van der Waals surface area contributed by atoms with Gasteiger partial charge in [0.2, 0.25) is 0 Å². The molecule has 0 aromatic rings. The Kier molecular flexibility index (Phi) is 4.03. The molecule has 0 aromatic heterocycles. The van der Waals surface area contributed by atoms with Crippen LogP contribution in [-0.2, 0) is 0 Å². The number of aliphatic hydroxyl groups excluding tert-OH is 1. The topological polar surface area (TPSA) is 20.2 Å². The van der Waals surface area contributed by atoms with Crippen molar-refractivity contribution in [3.05, 3.63) is 24.3 Å². The zero-order valence-corrected chi connectivity index (χ0v) is 15.9. The molecule has 0 bridgehead atoms. The second-order valence-corrected chi connectivity index (χ2v) is 9.95. The van der Waals surface area contributed by atoms with Crippen LogP contribution < -0.4 is 0 Å². The molecule has 0 radical (unpaired) electrons. The SMILES string of the molecule is C=C[C@@H](C)C1CCC2C3CCC4=CC(O)CCC4(C)C3CCC21C. The minimum Gasteiger partial charge on any atom is -0.389 e. The molecule has 3 fully saturated rings. The first-order valence-corrected chi connectivity index (χ1v) is 10.4. The summed E-state index contributed by atoms with van der Waals surface area (Å²) in [6.07, 6.45) is 14.7. The Bertz CT molecular complexity index is 548. The lowest BCUT2D eigenvalue weighted by Crippen LogP contribution is -2.51. The first-order valence-electron chi connectivity index (χ1n) is 10.4. The van der Waals surface area contributed by atoms with Crippen molar-refractivity contribution in [3.8, 4) is 0 Å². The number of hydrogen-bond donors (Lipinski definition) is 1. The van der Waals surface area contributed by atoms with Crippen LogP contribution in [0.5, 0.6) is 0 Å². The van der Waals surface area contributed by atoms with Crippen molar-refractivity contribution in [1.29, 1.82) is 0 Å². The van der Waals surface area contributed by atoms with Gasteiger partial charge in [0.25, 0.3) is 0 Å². The molecule has 1 nitrogen and oxygen atoms in total. The lowest BCUT2D eigenvalue weighted by Gasteiger charge is -2.59. The fourth-order valence-electron chi connectivity index (χ4n) is 7.78. The molecular weight excluding hydrogens is 292 g/mol. The summed E-state index contributed by atoms with van der Waals surface area (Å²) < 4.78 is 0. The molecule has 0 heterocycles. The lowest BCUT2D eigenvalue weighted by molar-refractivity contribution is -0.0594. The molecule has 134 valence electrons. The fourth-order valence-corrected chi connectivity index (χ4v) is 7.78. The van der Waals surface area contributed by atoms with Gasteiger partial charge in [-0.25, -0.2) is 0 Å². The van der Waals surface area contributed by atoms with E-state index in [1.807, 2.05) is 0 Å². The fraction of sp³-hybridized carbons (Fsp3) is 0.826. The molecule has 8 atom stereocenters. The van der Waals surface area contributed by atoms with Gasteiger partial charge < -0.3 is 5.11 Å². The molecule has 0 amide bonds. The second kappa shape index (κ2) is 5.73. The van der Waals surface area contributed by atoms with E-state index >= 15 is 0 Å². The summed E-state index contributed by atoms with van der Waals surface area (Å²) in [4.78, 5) is 0. The molecule has 0 aliphatic heterocycles. The minimum absolute atomic E-state index is 0.178. The molecule has 0 spiro atoms. The highest BCUT2D eigenvalue weighted by Crippen LogP contribution is 2.67. The van der Waals surface area contributed by atoms with Gasteiger partial charge >= 0.3 is 0 Å². The van der Waals surface area contributed by atoms with Gasteiger partial charge in [-0.3, -0.25) is 0 Å². The van der Waals surface area contributed by atoms with Crippen LogP contribution in [0.3, 0.4) is 0 Å². The summed E-state index contributed by atoms with van der Waals surface area (Å²) in [7, 11) is 0.